The summed E-state index contributed by atoms with van der Waals surface area (Å²) in [5, 5.41) is 24.4. The van der Waals surface area contributed by atoms with E-state index in [0.717, 1.165) is 24.2 Å². The van der Waals surface area contributed by atoms with Gasteiger partial charge in [0.1, 0.15) is 12.4 Å². The Morgan fingerprint density at radius 1 is 1.19 bits per heavy atom. The molecule has 0 spiro atoms. The van der Waals surface area contributed by atoms with Crippen LogP contribution in [0.25, 0.3) is 0 Å². The van der Waals surface area contributed by atoms with Gasteiger partial charge in [-0.3, -0.25) is 0 Å². The highest BCUT2D eigenvalue weighted by molar-refractivity contribution is 5.38. The average molecular weight is 442 g/mol. The lowest BCUT2D eigenvalue weighted by Crippen LogP contribution is -2.30. The molecule has 1 atom stereocenters. The van der Waals surface area contributed by atoms with Crippen molar-refractivity contribution in [3.8, 4) is 18.1 Å². The number of tetrazole rings is 1. The molecule has 32 heavy (non-hydrogen) atoms. The molecule has 0 bridgehead atoms. The van der Waals surface area contributed by atoms with Crippen molar-refractivity contribution in [1.29, 1.82) is 0 Å². The van der Waals surface area contributed by atoms with Gasteiger partial charge in [0, 0.05) is 45.1 Å². The van der Waals surface area contributed by atoms with Crippen LogP contribution in [-0.2, 0) is 16.0 Å². The fourth-order valence-corrected chi connectivity index (χ4v) is 3.38. The van der Waals surface area contributed by atoms with Crippen molar-refractivity contribution in [2.24, 2.45) is 10.2 Å². The number of methoxy groups -OCH3 is 1. The number of nitrogens with zero attached hydrogens (tertiary/aromatic N) is 6. The van der Waals surface area contributed by atoms with Crippen LogP contribution in [0, 0.1) is 12.3 Å². The van der Waals surface area contributed by atoms with Crippen LogP contribution in [0.2, 0.25) is 0 Å². The van der Waals surface area contributed by atoms with Gasteiger partial charge in [-0.2, -0.15) is 10.2 Å². The zero-order chi connectivity index (χ0) is 22.7. The lowest BCUT2D eigenvalue weighted by Gasteiger charge is -2.22. The first-order chi connectivity index (χ1) is 15.7. The third-order valence-corrected chi connectivity index (χ3v) is 5.17. The van der Waals surface area contributed by atoms with Gasteiger partial charge in [0.15, 0.2) is 11.5 Å². The molecule has 0 radical (unpaired) electrons. The first-order valence-corrected chi connectivity index (χ1v) is 10.9. The molecule has 0 aliphatic carbocycles. The fourth-order valence-electron chi connectivity index (χ4n) is 3.38. The minimum Gasteiger partial charge on any atom is -0.491 e. The van der Waals surface area contributed by atoms with Gasteiger partial charge in [0.05, 0.1) is 25.8 Å². The molecule has 1 unspecified atom stereocenters. The molecule has 172 valence electrons. The second kappa shape index (κ2) is 12.2. The molecule has 1 aromatic carbocycles. The van der Waals surface area contributed by atoms with E-state index in [2.05, 4.69) is 37.0 Å². The summed E-state index contributed by atoms with van der Waals surface area (Å²) < 4.78 is 18.4. The molecule has 0 saturated carbocycles. The molecule has 0 amide bonds. The van der Waals surface area contributed by atoms with Crippen LogP contribution in [0.1, 0.15) is 43.6 Å². The first-order valence-electron chi connectivity index (χ1n) is 10.9. The third kappa shape index (κ3) is 6.56. The number of nitrogens with one attached hydrogen (secondary N) is 1. The van der Waals surface area contributed by atoms with Crippen molar-refractivity contribution in [2.75, 3.05) is 40.1 Å². The zero-order valence-electron chi connectivity index (χ0n) is 18.7. The number of aromatic nitrogens is 4. The maximum absolute atomic E-state index is 5.98. The molecule has 2 heterocycles. The van der Waals surface area contributed by atoms with Gasteiger partial charge < -0.3 is 19.5 Å². The summed E-state index contributed by atoms with van der Waals surface area (Å²) in [6, 6.07) is 7.59. The predicted molar refractivity (Wildman–Crippen MR) is 118 cm³/mol. The summed E-state index contributed by atoms with van der Waals surface area (Å²) in [6.45, 7) is 5.29. The largest absolute Gasteiger partial charge is 0.491 e. The number of ether oxygens (including phenoxy) is 3. The van der Waals surface area contributed by atoms with Crippen molar-refractivity contribution in [3.63, 3.8) is 0 Å². The summed E-state index contributed by atoms with van der Waals surface area (Å²) in [4.78, 5) is 0. The van der Waals surface area contributed by atoms with E-state index < -0.39 is 0 Å². The summed E-state index contributed by atoms with van der Waals surface area (Å²) in [5.41, 5.74) is 0.581. The van der Waals surface area contributed by atoms with Crippen molar-refractivity contribution in [2.45, 2.75) is 44.4 Å². The van der Waals surface area contributed by atoms with E-state index in [9.17, 15) is 0 Å². The van der Waals surface area contributed by atoms with Crippen LogP contribution in [-0.4, -0.2) is 66.0 Å². The second-order valence-corrected chi connectivity index (χ2v) is 7.36. The molecular weight excluding hydrogens is 410 g/mol. The number of para-hydroxylation sites is 1. The van der Waals surface area contributed by atoms with E-state index in [-0.39, 0.29) is 11.7 Å². The molecular formula is C22H31N7O3. The van der Waals surface area contributed by atoms with Gasteiger partial charge in [0.25, 0.3) is 0 Å². The van der Waals surface area contributed by atoms with E-state index in [1.165, 1.54) is 0 Å². The van der Waals surface area contributed by atoms with Crippen LogP contribution < -0.4 is 10.1 Å². The smallest absolute Gasteiger partial charge is 0.193 e. The van der Waals surface area contributed by atoms with Crippen molar-refractivity contribution >= 4 is 0 Å². The molecule has 0 fully saturated rings. The molecule has 3 rings (SSSR count). The maximum Gasteiger partial charge on any atom is 0.193 e. The Morgan fingerprint density at radius 2 is 2.03 bits per heavy atom. The minimum atomic E-state index is -0.362. The molecule has 2 aromatic rings. The Kier molecular flexibility index (Phi) is 9.10. The van der Waals surface area contributed by atoms with E-state index >= 15 is 0 Å². The van der Waals surface area contributed by atoms with Crippen molar-refractivity contribution in [3.05, 3.63) is 35.7 Å². The highest BCUT2D eigenvalue weighted by Crippen LogP contribution is 2.37. The molecule has 1 N–H and O–H groups in total. The minimum absolute atomic E-state index is 0.284. The predicted octanol–water partition coefficient (Wildman–Crippen LogP) is 2.38. The van der Waals surface area contributed by atoms with E-state index in [0.29, 0.717) is 51.8 Å². The lowest BCUT2D eigenvalue weighted by atomic mass is 10.0. The maximum atomic E-state index is 5.98. The fraction of sp³-hybridized carbons (Fsp3) is 0.591. The summed E-state index contributed by atoms with van der Waals surface area (Å²) in [7, 11) is 1.65. The zero-order valence-corrected chi connectivity index (χ0v) is 18.7. The van der Waals surface area contributed by atoms with Gasteiger partial charge in [-0.15, -0.1) is 17.4 Å². The van der Waals surface area contributed by atoms with Crippen LogP contribution in [0.5, 0.6) is 5.75 Å². The molecule has 0 saturated heterocycles. The van der Waals surface area contributed by atoms with Gasteiger partial charge in [-0.05, 0) is 23.4 Å². The molecule has 1 aliphatic heterocycles. The second-order valence-electron chi connectivity index (χ2n) is 7.36. The standard InChI is InChI=1S/C22H31N7O3/c1-4-6-11-22(25-26-22)12-13-23-20(21-24-27-28-29(21)14-15-31-5-2)18-9-7-8-10-19(18)32-17-16-30-3/h1,7-10,20,23H,5-6,11-17H2,2-3H3. The summed E-state index contributed by atoms with van der Waals surface area (Å²) in [5.74, 6) is 4.11. The van der Waals surface area contributed by atoms with Gasteiger partial charge in [0.2, 0.25) is 0 Å². The van der Waals surface area contributed by atoms with Crippen LogP contribution in [0.3, 0.4) is 0 Å². The SMILES string of the molecule is C#CCCC1(CCNC(c2ccccc2OCCOC)c2nnnn2CCOCC)N=N1. The highest BCUT2D eigenvalue weighted by atomic mass is 16.5. The molecule has 10 heteroatoms. The van der Waals surface area contributed by atoms with Gasteiger partial charge in [-0.1, -0.05) is 18.2 Å². The number of terminal acetylenes is 1. The number of rotatable bonds is 16. The quantitative estimate of drug-likeness (QED) is 0.315. The van der Waals surface area contributed by atoms with Crippen molar-refractivity contribution in [1.82, 2.24) is 25.5 Å². The topological polar surface area (TPSA) is 108 Å². The Balaban J connectivity index is 1.78. The monoisotopic (exact) mass is 441 g/mol. The molecule has 10 nitrogen and oxygen atoms in total. The van der Waals surface area contributed by atoms with E-state index in [1.54, 1.807) is 11.8 Å². The van der Waals surface area contributed by atoms with E-state index in [4.69, 9.17) is 20.6 Å². The van der Waals surface area contributed by atoms with Crippen molar-refractivity contribution < 1.29 is 14.2 Å². The lowest BCUT2D eigenvalue weighted by molar-refractivity contribution is 0.134. The Bertz CT molecular complexity index is 903. The Hall–Kier alpha value is -2.87. The van der Waals surface area contributed by atoms with Crippen LogP contribution in [0.15, 0.2) is 34.5 Å². The summed E-state index contributed by atoms with van der Waals surface area (Å²) in [6.07, 6.45) is 7.57. The van der Waals surface area contributed by atoms with Crippen LogP contribution in [0.4, 0.5) is 0 Å². The van der Waals surface area contributed by atoms with Gasteiger partial charge in [-0.25, -0.2) is 4.68 Å². The number of benzene rings is 1. The third-order valence-electron chi connectivity index (χ3n) is 5.17. The molecule has 1 aromatic heterocycles. The number of hydrogen-bond donors (Lipinski definition) is 1. The summed E-state index contributed by atoms with van der Waals surface area (Å²) >= 11 is 0. The highest BCUT2D eigenvalue weighted by Gasteiger charge is 2.39. The normalized spacial score (nSPS) is 14.8. The number of hydrogen-bond acceptors (Lipinski definition) is 9. The first kappa shape index (κ1) is 23.8. The molecule has 1 aliphatic rings. The van der Waals surface area contributed by atoms with E-state index in [1.807, 2.05) is 31.2 Å². The Labute approximate surface area is 188 Å². The van der Waals surface area contributed by atoms with Crippen LogP contribution >= 0.6 is 0 Å². The average Bonchev–Trinajstić information content (AvgIpc) is 3.43. The van der Waals surface area contributed by atoms with Gasteiger partial charge >= 0.3 is 0 Å². The Morgan fingerprint density at radius 3 is 2.78 bits per heavy atom.